The van der Waals surface area contributed by atoms with Crippen molar-refractivity contribution in [3.8, 4) is 0 Å². The van der Waals surface area contributed by atoms with Crippen molar-refractivity contribution in [3.05, 3.63) is 35.4 Å². The first-order valence-electron chi connectivity index (χ1n) is 5.14. The van der Waals surface area contributed by atoms with Crippen molar-refractivity contribution in [2.45, 2.75) is 35.6 Å². The number of alkyl halides is 1. The Morgan fingerprint density at radius 1 is 1.29 bits per heavy atom. The molecule has 0 amide bonds. The molecule has 1 aromatic carbocycles. The van der Waals surface area contributed by atoms with Crippen LogP contribution >= 0.6 is 15.9 Å². The highest BCUT2D eigenvalue weighted by atomic mass is 79.9. The van der Waals surface area contributed by atoms with Crippen LogP contribution in [-0.2, 0) is 5.41 Å². The smallest absolute Gasteiger partial charge is 0.0918 e. The third-order valence-electron chi connectivity index (χ3n) is 3.63. The van der Waals surface area contributed by atoms with Gasteiger partial charge in [0.05, 0.1) is 6.10 Å². The maximum absolute atomic E-state index is 10.0. The van der Waals surface area contributed by atoms with Crippen LogP contribution in [0, 0.1) is 0 Å². The average Bonchev–Trinajstić information content (AvgIpc) is 2.96. The number of aliphatic hydroxyl groups excluding tert-OH is 1. The molecule has 1 saturated carbocycles. The predicted octanol–water partition coefficient (Wildman–Crippen LogP) is 2.92. The van der Waals surface area contributed by atoms with Crippen molar-refractivity contribution in [1.29, 1.82) is 0 Å². The lowest BCUT2D eigenvalue weighted by Crippen LogP contribution is -2.28. The second-order valence-electron chi connectivity index (χ2n) is 4.53. The SMILES string of the molecule is O[C@H]1c2ccccc2C2(CC2)C[C@@H]1Br. The quantitative estimate of drug-likeness (QED) is 0.705. The van der Waals surface area contributed by atoms with Gasteiger partial charge in [-0.05, 0) is 35.8 Å². The van der Waals surface area contributed by atoms with Gasteiger partial charge in [0.1, 0.15) is 0 Å². The van der Waals surface area contributed by atoms with Crippen molar-refractivity contribution in [2.75, 3.05) is 0 Å². The summed E-state index contributed by atoms with van der Waals surface area (Å²) < 4.78 is 0. The van der Waals surface area contributed by atoms with Gasteiger partial charge in [0.25, 0.3) is 0 Å². The maximum Gasteiger partial charge on any atom is 0.0918 e. The Labute approximate surface area is 92.3 Å². The number of hydrogen-bond donors (Lipinski definition) is 1. The summed E-state index contributed by atoms with van der Waals surface area (Å²) in [6.07, 6.45) is 3.35. The number of aliphatic hydroxyl groups is 1. The molecule has 1 spiro atoms. The fourth-order valence-corrected chi connectivity index (χ4v) is 3.56. The largest absolute Gasteiger partial charge is 0.387 e. The molecule has 0 bridgehead atoms. The molecule has 0 aromatic heterocycles. The molecule has 2 aliphatic rings. The molecule has 1 aromatic rings. The minimum Gasteiger partial charge on any atom is -0.387 e. The highest BCUT2D eigenvalue weighted by Gasteiger charge is 2.51. The van der Waals surface area contributed by atoms with Gasteiger partial charge in [-0.2, -0.15) is 0 Å². The molecule has 2 atom stereocenters. The molecule has 3 rings (SSSR count). The van der Waals surface area contributed by atoms with E-state index in [9.17, 15) is 5.11 Å². The van der Waals surface area contributed by atoms with Crippen LogP contribution < -0.4 is 0 Å². The zero-order chi connectivity index (χ0) is 9.76. The molecular formula is C12H13BrO. The number of rotatable bonds is 0. The van der Waals surface area contributed by atoms with Gasteiger partial charge in [-0.3, -0.25) is 0 Å². The van der Waals surface area contributed by atoms with Crippen LogP contribution in [0.15, 0.2) is 24.3 Å². The molecule has 2 heteroatoms. The van der Waals surface area contributed by atoms with E-state index in [1.54, 1.807) is 0 Å². The topological polar surface area (TPSA) is 20.2 Å². The molecular weight excluding hydrogens is 240 g/mol. The fourth-order valence-electron chi connectivity index (χ4n) is 2.65. The summed E-state index contributed by atoms with van der Waals surface area (Å²) in [5.41, 5.74) is 2.94. The molecule has 0 aliphatic heterocycles. The van der Waals surface area contributed by atoms with Gasteiger partial charge in [-0.25, -0.2) is 0 Å². The lowest BCUT2D eigenvalue weighted by Gasteiger charge is -2.32. The van der Waals surface area contributed by atoms with Crippen molar-refractivity contribution < 1.29 is 5.11 Å². The van der Waals surface area contributed by atoms with E-state index in [1.165, 1.54) is 18.4 Å². The van der Waals surface area contributed by atoms with Crippen molar-refractivity contribution in [3.63, 3.8) is 0 Å². The Balaban J connectivity index is 2.16. The highest BCUT2D eigenvalue weighted by molar-refractivity contribution is 9.09. The van der Waals surface area contributed by atoms with Crippen LogP contribution in [-0.4, -0.2) is 9.93 Å². The van der Waals surface area contributed by atoms with E-state index in [0.29, 0.717) is 5.41 Å². The molecule has 1 fully saturated rings. The Morgan fingerprint density at radius 3 is 2.71 bits per heavy atom. The average molecular weight is 253 g/mol. The second kappa shape index (κ2) is 2.83. The number of benzene rings is 1. The standard InChI is InChI=1S/C12H13BrO/c13-10-7-12(5-6-12)9-4-2-1-3-8(9)11(10)14/h1-4,10-11,14H,5-7H2/t10-,11-/m0/s1. The fraction of sp³-hybridized carbons (Fsp3) is 0.500. The number of halogens is 1. The number of hydrogen-bond acceptors (Lipinski definition) is 1. The third-order valence-corrected chi connectivity index (χ3v) is 4.46. The normalized spacial score (nSPS) is 32.7. The minimum atomic E-state index is -0.322. The molecule has 1 nitrogen and oxygen atoms in total. The highest BCUT2D eigenvalue weighted by Crippen LogP contribution is 2.58. The zero-order valence-electron chi connectivity index (χ0n) is 7.91. The first kappa shape index (κ1) is 8.93. The minimum absolute atomic E-state index is 0.236. The summed E-state index contributed by atoms with van der Waals surface area (Å²) in [4.78, 5) is 0.236. The van der Waals surface area contributed by atoms with Gasteiger partial charge in [-0.15, -0.1) is 0 Å². The van der Waals surface area contributed by atoms with Crippen LogP contribution in [0.3, 0.4) is 0 Å². The molecule has 0 heterocycles. The van der Waals surface area contributed by atoms with Crippen LogP contribution in [0.1, 0.15) is 36.5 Å². The van der Waals surface area contributed by atoms with Gasteiger partial charge in [-0.1, -0.05) is 40.2 Å². The third kappa shape index (κ3) is 1.10. The molecule has 14 heavy (non-hydrogen) atoms. The summed E-state index contributed by atoms with van der Waals surface area (Å²) in [7, 11) is 0. The van der Waals surface area contributed by atoms with E-state index in [1.807, 2.05) is 6.07 Å². The number of fused-ring (bicyclic) bond motifs is 2. The first-order valence-corrected chi connectivity index (χ1v) is 6.06. The Hall–Kier alpha value is -0.340. The molecule has 74 valence electrons. The van der Waals surface area contributed by atoms with E-state index in [0.717, 1.165) is 12.0 Å². The summed E-state index contributed by atoms with van der Waals surface area (Å²) in [5, 5.41) is 10.0. The van der Waals surface area contributed by atoms with Gasteiger partial charge < -0.3 is 5.11 Å². The van der Waals surface area contributed by atoms with Crippen LogP contribution in [0.4, 0.5) is 0 Å². The molecule has 0 saturated heterocycles. The Morgan fingerprint density at radius 2 is 2.00 bits per heavy atom. The molecule has 0 radical (unpaired) electrons. The van der Waals surface area contributed by atoms with Crippen molar-refractivity contribution >= 4 is 15.9 Å². The zero-order valence-corrected chi connectivity index (χ0v) is 9.50. The first-order chi connectivity index (χ1) is 6.73. The molecule has 2 aliphatic carbocycles. The maximum atomic E-state index is 10.0. The van der Waals surface area contributed by atoms with Gasteiger partial charge >= 0.3 is 0 Å². The van der Waals surface area contributed by atoms with Crippen molar-refractivity contribution in [1.82, 2.24) is 0 Å². The van der Waals surface area contributed by atoms with Crippen LogP contribution in [0.2, 0.25) is 0 Å². The van der Waals surface area contributed by atoms with Crippen LogP contribution in [0.25, 0.3) is 0 Å². The van der Waals surface area contributed by atoms with E-state index >= 15 is 0 Å². The van der Waals surface area contributed by atoms with Crippen LogP contribution in [0.5, 0.6) is 0 Å². The monoisotopic (exact) mass is 252 g/mol. The summed E-state index contributed by atoms with van der Waals surface area (Å²) in [6.45, 7) is 0. The van der Waals surface area contributed by atoms with E-state index in [-0.39, 0.29) is 10.9 Å². The summed E-state index contributed by atoms with van der Waals surface area (Å²) >= 11 is 3.59. The van der Waals surface area contributed by atoms with Gasteiger partial charge in [0, 0.05) is 4.83 Å². The predicted molar refractivity (Wildman–Crippen MR) is 59.6 cm³/mol. The van der Waals surface area contributed by atoms with E-state index < -0.39 is 0 Å². The summed E-state index contributed by atoms with van der Waals surface area (Å²) in [6, 6.07) is 8.35. The van der Waals surface area contributed by atoms with Gasteiger partial charge in [0.15, 0.2) is 0 Å². The Bertz CT molecular complexity index is 370. The van der Waals surface area contributed by atoms with Crippen molar-refractivity contribution in [2.24, 2.45) is 0 Å². The second-order valence-corrected chi connectivity index (χ2v) is 5.71. The lowest BCUT2D eigenvalue weighted by atomic mass is 9.79. The van der Waals surface area contributed by atoms with E-state index in [2.05, 4.69) is 34.1 Å². The molecule has 0 unspecified atom stereocenters. The Kier molecular flexibility index (Phi) is 1.80. The molecule has 1 N–H and O–H groups in total. The van der Waals surface area contributed by atoms with Gasteiger partial charge in [0.2, 0.25) is 0 Å². The summed E-state index contributed by atoms with van der Waals surface area (Å²) in [5.74, 6) is 0. The van der Waals surface area contributed by atoms with E-state index in [4.69, 9.17) is 0 Å². The lowest BCUT2D eigenvalue weighted by molar-refractivity contribution is 0.157.